The summed E-state index contributed by atoms with van der Waals surface area (Å²) in [7, 11) is 1.58. The van der Waals surface area contributed by atoms with E-state index in [9.17, 15) is 0 Å². The third-order valence-electron chi connectivity index (χ3n) is 2.55. The van der Waals surface area contributed by atoms with Crippen LogP contribution < -0.4 is 9.47 Å². The van der Waals surface area contributed by atoms with Crippen molar-refractivity contribution in [2.45, 2.75) is 0 Å². The summed E-state index contributed by atoms with van der Waals surface area (Å²) in [5.41, 5.74) is 1.35. The minimum absolute atomic E-state index is 0.0630. The smallest absolute Gasteiger partial charge is 0.150 e. The van der Waals surface area contributed by atoms with Crippen LogP contribution in [0.5, 0.6) is 11.5 Å². The average Bonchev–Trinajstić information content (AvgIpc) is 2.52. The Balaban J connectivity index is 2.23. The second-order valence-corrected chi connectivity index (χ2v) is 3.94. The van der Waals surface area contributed by atoms with Gasteiger partial charge in [-0.2, -0.15) is 5.11 Å². The van der Waals surface area contributed by atoms with Gasteiger partial charge in [0.1, 0.15) is 18.0 Å². The van der Waals surface area contributed by atoms with Crippen LogP contribution in [0.15, 0.2) is 58.8 Å². The van der Waals surface area contributed by atoms with Gasteiger partial charge in [-0.25, -0.2) is 0 Å². The van der Waals surface area contributed by atoms with Crippen molar-refractivity contribution in [3.8, 4) is 11.5 Å². The highest BCUT2D eigenvalue weighted by Crippen LogP contribution is 2.32. The van der Waals surface area contributed by atoms with E-state index in [2.05, 4.69) is 10.2 Å². The summed E-state index contributed by atoms with van der Waals surface area (Å²) in [4.78, 5) is 0. The Hall–Kier alpha value is -2.40. The first-order valence-corrected chi connectivity index (χ1v) is 6.22. The van der Waals surface area contributed by atoms with E-state index in [0.717, 1.165) is 5.69 Å². The summed E-state index contributed by atoms with van der Waals surface area (Å²) in [6.45, 7) is 0.132. The zero-order valence-corrected chi connectivity index (χ0v) is 11.2. The Labute approximate surface area is 117 Å². The molecule has 0 saturated heterocycles. The first-order chi connectivity index (χ1) is 9.83. The predicted octanol–water partition coefficient (Wildman–Crippen LogP) is 3.48. The van der Waals surface area contributed by atoms with Crippen molar-refractivity contribution in [3.05, 3.63) is 48.5 Å². The van der Waals surface area contributed by atoms with Gasteiger partial charge in [0.05, 0.1) is 19.4 Å². The van der Waals surface area contributed by atoms with Crippen LogP contribution in [0, 0.1) is 0 Å². The third kappa shape index (κ3) is 3.80. The monoisotopic (exact) mass is 272 g/mol. The zero-order valence-electron chi connectivity index (χ0n) is 11.2. The molecular formula is C15H16N2O3. The van der Waals surface area contributed by atoms with Crippen molar-refractivity contribution in [1.29, 1.82) is 0 Å². The molecule has 2 rings (SSSR count). The van der Waals surface area contributed by atoms with E-state index < -0.39 is 0 Å². The molecule has 2 aromatic rings. The van der Waals surface area contributed by atoms with E-state index >= 15 is 0 Å². The molecule has 0 aliphatic heterocycles. The molecule has 1 N–H and O–H groups in total. The first-order valence-electron chi connectivity index (χ1n) is 6.22. The van der Waals surface area contributed by atoms with Gasteiger partial charge in [0, 0.05) is 6.07 Å². The maximum absolute atomic E-state index is 8.84. The molecule has 0 unspecified atom stereocenters. The molecule has 0 aliphatic carbocycles. The molecule has 0 amide bonds. The summed E-state index contributed by atoms with van der Waals surface area (Å²) in [5, 5.41) is 17.2. The number of azo groups is 1. The van der Waals surface area contributed by atoms with Crippen LogP contribution in [0.3, 0.4) is 0 Å². The van der Waals surface area contributed by atoms with Crippen molar-refractivity contribution < 1.29 is 14.6 Å². The summed E-state index contributed by atoms with van der Waals surface area (Å²) < 4.78 is 10.6. The first kappa shape index (κ1) is 14.0. The summed E-state index contributed by atoms with van der Waals surface area (Å²) in [5.74, 6) is 1.19. The molecule has 20 heavy (non-hydrogen) atoms. The fraction of sp³-hybridized carbons (Fsp3) is 0.200. The number of hydrogen-bond acceptors (Lipinski definition) is 5. The number of rotatable bonds is 6. The highest BCUT2D eigenvalue weighted by molar-refractivity contribution is 5.55. The zero-order chi connectivity index (χ0) is 14.2. The van der Waals surface area contributed by atoms with Crippen LogP contribution in [0.2, 0.25) is 0 Å². The second-order valence-electron chi connectivity index (χ2n) is 3.94. The van der Waals surface area contributed by atoms with Crippen molar-refractivity contribution in [2.24, 2.45) is 10.2 Å². The summed E-state index contributed by atoms with van der Waals surface area (Å²) >= 11 is 0. The van der Waals surface area contributed by atoms with Gasteiger partial charge in [-0.3, -0.25) is 0 Å². The van der Waals surface area contributed by atoms with Crippen LogP contribution in [-0.4, -0.2) is 25.4 Å². The van der Waals surface area contributed by atoms with Gasteiger partial charge >= 0.3 is 0 Å². The van der Waals surface area contributed by atoms with E-state index in [1.54, 1.807) is 25.3 Å². The summed E-state index contributed by atoms with van der Waals surface area (Å²) in [6.07, 6.45) is 0. The number of nitrogens with zero attached hydrogens (tertiary/aromatic N) is 2. The Morgan fingerprint density at radius 1 is 1.05 bits per heavy atom. The molecule has 0 spiro atoms. The Bertz CT molecular complexity index is 571. The number of hydrogen-bond donors (Lipinski definition) is 1. The molecule has 0 bridgehead atoms. The van der Waals surface area contributed by atoms with Gasteiger partial charge in [-0.1, -0.05) is 18.2 Å². The standard InChI is InChI=1S/C15H16N2O3/c1-19-13-7-8-14(15(11-13)20-10-9-18)17-16-12-5-3-2-4-6-12/h2-8,11,18H,9-10H2,1H3. The molecule has 5 heteroatoms. The topological polar surface area (TPSA) is 63.4 Å². The van der Waals surface area contributed by atoms with E-state index in [1.807, 2.05) is 30.3 Å². The third-order valence-corrected chi connectivity index (χ3v) is 2.55. The normalized spacial score (nSPS) is 10.7. The van der Waals surface area contributed by atoms with Crippen LogP contribution in [0.1, 0.15) is 0 Å². The van der Waals surface area contributed by atoms with Crippen LogP contribution >= 0.6 is 0 Å². The van der Waals surface area contributed by atoms with Gasteiger partial charge < -0.3 is 14.6 Å². The van der Waals surface area contributed by atoms with Gasteiger partial charge in [0.25, 0.3) is 0 Å². The number of aliphatic hydroxyl groups excluding tert-OH is 1. The Morgan fingerprint density at radius 2 is 1.85 bits per heavy atom. The molecule has 0 atom stereocenters. The number of ether oxygens (including phenoxy) is 2. The van der Waals surface area contributed by atoms with Crippen molar-refractivity contribution in [1.82, 2.24) is 0 Å². The lowest BCUT2D eigenvalue weighted by molar-refractivity contribution is 0.201. The average molecular weight is 272 g/mol. The molecule has 0 fully saturated rings. The molecule has 2 aromatic carbocycles. The van der Waals surface area contributed by atoms with E-state index in [-0.39, 0.29) is 13.2 Å². The maximum atomic E-state index is 8.84. The highest BCUT2D eigenvalue weighted by atomic mass is 16.5. The molecule has 0 radical (unpaired) electrons. The number of methoxy groups -OCH3 is 1. The minimum Gasteiger partial charge on any atom is -0.497 e. The van der Waals surface area contributed by atoms with E-state index in [0.29, 0.717) is 17.2 Å². The lowest BCUT2D eigenvalue weighted by atomic mass is 10.3. The number of aliphatic hydroxyl groups is 1. The highest BCUT2D eigenvalue weighted by Gasteiger charge is 2.05. The summed E-state index contributed by atoms with van der Waals surface area (Å²) in [6, 6.07) is 14.7. The lowest BCUT2D eigenvalue weighted by Gasteiger charge is -2.08. The number of benzene rings is 2. The molecule has 0 saturated carbocycles. The fourth-order valence-corrected chi connectivity index (χ4v) is 1.58. The predicted molar refractivity (Wildman–Crippen MR) is 76.2 cm³/mol. The molecular weight excluding hydrogens is 256 g/mol. The van der Waals surface area contributed by atoms with E-state index in [1.165, 1.54) is 0 Å². The van der Waals surface area contributed by atoms with Gasteiger partial charge in [-0.05, 0) is 24.3 Å². The molecule has 0 heterocycles. The van der Waals surface area contributed by atoms with Crippen molar-refractivity contribution in [3.63, 3.8) is 0 Å². The van der Waals surface area contributed by atoms with Crippen LogP contribution in [-0.2, 0) is 0 Å². The SMILES string of the molecule is COc1ccc(N=Nc2ccccc2)c(OCCO)c1. The van der Waals surface area contributed by atoms with Gasteiger partial charge in [0.15, 0.2) is 5.75 Å². The van der Waals surface area contributed by atoms with Gasteiger partial charge in [0.2, 0.25) is 0 Å². The second kappa shape index (κ2) is 7.25. The Kier molecular flexibility index (Phi) is 5.08. The molecule has 0 aliphatic rings. The maximum Gasteiger partial charge on any atom is 0.150 e. The van der Waals surface area contributed by atoms with Crippen LogP contribution in [0.25, 0.3) is 0 Å². The van der Waals surface area contributed by atoms with Crippen LogP contribution in [0.4, 0.5) is 11.4 Å². The molecule has 0 aromatic heterocycles. The van der Waals surface area contributed by atoms with E-state index in [4.69, 9.17) is 14.6 Å². The van der Waals surface area contributed by atoms with Crippen molar-refractivity contribution in [2.75, 3.05) is 20.3 Å². The largest absolute Gasteiger partial charge is 0.497 e. The molecule has 104 valence electrons. The molecule has 5 nitrogen and oxygen atoms in total. The Morgan fingerprint density at radius 3 is 2.55 bits per heavy atom. The van der Waals surface area contributed by atoms with Crippen molar-refractivity contribution >= 4 is 11.4 Å². The minimum atomic E-state index is -0.0630. The van der Waals surface area contributed by atoms with Gasteiger partial charge in [-0.15, -0.1) is 5.11 Å². The fourth-order valence-electron chi connectivity index (χ4n) is 1.58. The lowest BCUT2D eigenvalue weighted by Crippen LogP contribution is -2.01. The quantitative estimate of drug-likeness (QED) is 0.819.